The molecule has 2 aromatic heterocycles. The van der Waals surface area contributed by atoms with E-state index in [2.05, 4.69) is 24.9 Å². The van der Waals surface area contributed by atoms with Gasteiger partial charge in [0.25, 0.3) is 0 Å². The van der Waals surface area contributed by atoms with Gasteiger partial charge in [0.15, 0.2) is 5.82 Å². The zero-order valence-corrected chi connectivity index (χ0v) is 18.7. The molecule has 1 atom stereocenters. The summed E-state index contributed by atoms with van der Waals surface area (Å²) in [5.74, 6) is 0.192. The fraction of sp³-hybridized carbons (Fsp3) is 0.300. The topological polar surface area (TPSA) is 84.7 Å². The van der Waals surface area contributed by atoms with Gasteiger partial charge < -0.3 is 14.4 Å². The molecule has 1 aliphatic rings. The lowest BCUT2D eigenvalue weighted by Crippen LogP contribution is -2.44. The number of aromatic amines is 1. The number of H-pyrrole nitrogens is 1. The van der Waals surface area contributed by atoms with Gasteiger partial charge in [-0.15, -0.1) is 11.3 Å². The summed E-state index contributed by atoms with van der Waals surface area (Å²) in [6, 6.07) is 5.19. The second-order valence-corrected chi connectivity index (χ2v) is 8.61. The summed E-state index contributed by atoms with van der Waals surface area (Å²) < 4.78 is 10.8. The number of hydrogen-bond acceptors (Lipinski definition) is 7. The van der Waals surface area contributed by atoms with Crippen molar-refractivity contribution in [3.63, 3.8) is 0 Å². The maximum atomic E-state index is 11.2. The van der Waals surface area contributed by atoms with Crippen LogP contribution in [0.2, 0.25) is 10.0 Å². The van der Waals surface area contributed by atoms with Gasteiger partial charge in [0.05, 0.1) is 23.1 Å². The molecule has 0 amide bonds. The minimum absolute atomic E-state index is 0.162. The Labute approximate surface area is 192 Å². The first kappa shape index (κ1) is 21.6. The van der Waals surface area contributed by atoms with E-state index in [1.54, 1.807) is 18.2 Å². The Hall–Kier alpha value is -2.64. The number of carbonyl (C=O) groups is 1. The summed E-state index contributed by atoms with van der Waals surface area (Å²) in [7, 11) is 0. The third kappa shape index (κ3) is 4.52. The highest BCUT2D eigenvalue weighted by Crippen LogP contribution is 2.53. The van der Waals surface area contributed by atoms with E-state index in [-0.39, 0.29) is 18.7 Å². The van der Waals surface area contributed by atoms with Gasteiger partial charge in [-0.25, -0.2) is 9.83 Å². The van der Waals surface area contributed by atoms with Crippen LogP contribution in [-0.2, 0) is 14.3 Å². The number of carbonyl (C=O) groups excluding carboxylic acids is 1. The first-order chi connectivity index (χ1) is 15.0. The highest BCUT2D eigenvalue weighted by atomic mass is 35.5. The zero-order valence-electron chi connectivity index (χ0n) is 16.4. The van der Waals surface area contributed by atoms with E-state index >= 15 is 0 Å². The van der Waals surface area contributed by atoms with Crippen LogP contribution in [0.15, 0.2) is 24.5 Å². The number of esters is 1. The molecule has 1 aliphatic heterocycles. The van der Waals surface area contributed by atoms with Gasteiger partial charge in [-0.3, -0.25) is 9.89 Å². The third-order valence-electron chi connectivity index (χ3n) is 4.71. The van der Waals surface area contributed by atoms with E-state index in [9.17, 15) is 4.79 Å². The molecule has 0 spiro atoms. The van der Waals surface area contributed by atoms with Gasteiger partial charge in [0, 0.05) is 35.6 Å². The van der Waals surface area contributed by atoms with E-state index < -0.39 is 0 Å². The largest absolute Gasteiger partial charge is 0.463 e. The van der Waals surface area contributed by atoms with Crippen LogP contribution in [0.1, 0.15) is 6.92 Å². The number of rotatable bonds is 5. The fourth-order valence-corrected chi connectivity index (χ4v) is 5.11. The average Bonchev–Trinajstić information content (AvgIpc) is 3.40. The smallest absolute Gasteiger partial charge is 0.302 e. The Morgan fingerprint density at radius 2 is 2.32 bits per heavy atom. The molecule has 0 radical (unpaired) electrons. The molecule has 4 rings (SSSR count). The molecule has 1 N–H and O–H groups in total. The van der Waals surface area contributed by atoms with E-state index in [0.717, 1.165) is 9.88 Å². The number of benzene rings is 1. The third-order valence-corrected chi connectivity index (χ3v) is 6.50. The number of hydrogen-bond donors (Lipinski definition) is 1. The Balaban J connectivity index is 1.79. The predicted octanol–water partition coefficient (Wildman–Crippen LogP) is 4.83. The highest BCUT2D eigenvalue weighted by molar-refractivity contribution is 7.20. The van der Waals surface area contributed by atoms with Crippen LogP contribution in [-0.4, -0.2) is 53.6 Å². The van der Waals surface area contributed by atoms with Crippen molar-refractivity contribution in [1.82, 2.24) is 15.2 Å². The van der Waals surface area contributed by atoms with Crippen molar-refractivity contribution in [2.24, 2.45) is 0 Å². The Kier molecular flexibility index (Phi) is 6.43. The molecular formula is C20H17Cl2N5O3S. The Morgan fingerprint density at radius 3 is 3.00 bits per heavy atom. The lowest BCUT2D eigenvalue weighted by molar-refractivity contribution is -0.145. The fourth-order valence-electron chi connectivity index (χ4n) is 3.37. The van der Waals surface area contributed by atoms with Crippen LogP contribution in [0, 0.1) is 6.57 Å². The van der Waals surface area contributed by atoms with Gasteiger partial charge in [-0.2, -0.15) is 5.10 Å². The van der Waals surface area contributed by atoms with Crippen LogP contribution in [0.4, 0.5) is 10.7 Å². The van der Waals surface area contributed by atoms with Gasteiger partial charge >= 0.3 is 5.97 Å². The highest BCUT2D eigenvalue weighted by Gasteiger charge is 2.30. The molecule has 0 saturated carbocycles. The standard InChI is InChI=1S/C20H17Cl2N5O3S/c1-11(28)30-9-13-8-27(5-6-29-13)20-17(23-2)16(14-4-3-12(21)7-15(14)22)18(31-20)19-24-10-25-26-19/h3-4,7,10,13H,5-6,8-9H2,1H3,(H,24,25,26). The van der Waals surface area contributed by atoms with Crippen molar-refractivity contribution in [3.05, 3.63) is 46.0 Å². The first-order valence-corrected chi connectivity index (χ1v) is 10.9. The van der Waals surface area contributed by atoms with Gasteiger partial charge in [0.2, 0.25) is 5.69 Å². The molecule has 1 unspecified atom stereocenters. The number of aromatic nitrogens is 3. The Bertz CT molecular complexity index is 1140. The molecule has 8 nitrogen and oxygen atoms in total. The van der Waals surface area contributed by atoms with Crippen molar-refractivity contribution in [2.75, 3.05) is 31.2 Å². The minimum Gasteiger partial charge on any atom is -0.463 e. The SMILES string of the molecule is [C-]#[N+]c1c(N2CCOC(COC(C)=O)C2)sc(-c2ncn[nH]2)c1-c1ccc(Cl)cc1Cl. The lowest BCUT2D eigenvalue weighted by Gasteiger charge is -2.33. The quantitative estimate of drug-likeness (QED) is 0.418. The van der Waals surface area contributed by atoms with Gasteiger partial charge in [-0.05, 0) is 17.7 Å². The summed E-state index contributed by atoms with van der Waals surface area (Å²) in [6.07, 6.45) is 1.14. The van der Waals surface area contributed by atoms with Crippen molar-refractivity contribution < 1.29 is 14.3 Å². The maximum absolute atomic E-state index is 11.2. The van der Waals surface area contributed by atoms with Gasteiger partial charge in [-0.1, -0.05) is 29.3 Å². The van der Waals surface area contributed by atoms with Crippen LogP contribution < -0.4 is 4.90 Å². The summed E-state index contributed by atoms with van der Waals surface area (Å²) in [6.45, 7) is 11.0. The molecule has 1 saturated heterocycles. The number of nitrogens with one attached hydrogen (secondary N) is 1. The predicted molar refractivity (Wildman–Crippen MR) is 120 cm³/mol. The number of thiophene rings is 1. The van der Waals surface area contributed by atoms with Crippen molar-refractivity contribution in [1.29, 1.82) is 0 Å². The Morgan fingerprint density at radius 1 is 1.48 bits per heavy atom. The number of halogens is 2. The summed E-state index contributed by atoms with van der Waals surface area (Å²) in [4.78, 5) is 22.1. The van der Waals surface area contributed by atoms with Crippen molar-refractivity contribution in [2.45, 2.75) is 13.0 Å². The van der Waals surface area contributed by atoms with Crippen LogP contribution >= 0.6 is 34.5 Å². The molecule has 1 aromatic carbocycles. The molecule has 11 heteroatoms. The molecule has 3 aromatic rings. The first-order valence-electron chi connectivity index (χ1n) is 9.33. The summed E-state index contributed by atoms with van der Waals surface area (Å²) in [5.41, 5.74) is 1.83. The van der Waals surface area contributed by atoms with Gasteiger partial charge in [0.1, 0.15) is 19.0 Å². The number of ether oxygens (including phenoxy) is 2. The lowest BCUT2D eigenvalue weighted by atomic mass is 10.0. The van der Waals surface area contributed by atoms with Crippen molar-refractivity contribution in [3.8, 4) is 21.8 Å². The molecular weight excluding hydrogens is 461 g/mol. The molecule has 0 aliphatic carbocycles. The number of morpholine rings is 1. The summed E-state index contributed by atoms with van der Waals surface area (Å²) >= 11 is 14.0. The van der Waals surface area contributed by atoms with Crippen LogP contribution in [0.25, 0.3) is 26.7 Å². The molecule has 160 valence electrons. The van der Waals surface area contributed by atoms with E-state index in [1.807, 2.05) is 0 Å². The molecule has 31 heavy (non-hydrogen) atoms. The van der Waals surface area contributed by atoms with Crippen molar-refractivity contribution >= 4 is 51.2 Å². The normalized spacial score (nSPS) is 16.2. The average molecular weight is 478 g/mol. The van der Waals surface area contributed by atoms with E-state index in [4.69, 9.17) is 39.2 Å². The maximum Gasteiger partial charge on any atom is 0.302 e. The molecule has 0 bridgehead atoms. The minimum atomic E-state index is -0.356. The zero-order chi connectivity index (χ0) is 22.0. The molecule has 3 heterocycles. The monoisotopic (exact) mass is 477 g/mol. The van der Waals surface area contributed by atoms with E-state index in [1.165, 1.54) is 24.6 Å². The van der Waals surface area contributed by atoms with Crippen LogP contribution in [0.5, 0.6) is 0 Å². The second kappa shape index (κ2) is 9.24. The number of anilines is 1. The van der Waals surface area contributed by atoms with E-state index in [0.29, 0.717) is 52.4 Å². The second-order valence-electron chi connectivity index (χ2n) is 6.77. The molecule has 1 fully saturated rings. The summed E-state index contributed by atoms with van der Waals surface area (Å²) in [5, 5.41) is 8.57. The van der Waals surface area contributed by atoms with Crippen LogP contribution in [0.3, 0.4) is 0 Å². The number of nitrogens with zero attached hydrogens (tertiary/aromatic N) is 4.